The molecule has 0 aliphatic rings. The molecule has 0 fully saturated rings. The van der Waals surface area contributed by atoms with E-state index in [1.165, 1.54) is 0 Å². The molecule has 0 aliphatic heterocycles. The lowest BCUT2D eigenvalue weighted by molar-refractivity contribution is -0.125. The molecule has 3 rings (SSSR count). The molecule has 1 heterocycles. The quantitative estimate of drug-likeness (QED) is 0.442. The molecular formula is C22H21BrN2O2S. The van der Waals surface area contributed by atoms with Crippen molar-refractivity contribution in [3.05, 3.63) is 86.3 Å². The third kappa shape index (κ3) is 5.78. The predicted octanol–water partition coefficient (Wildman–Crippen LogP) is 5.46. The smallest absolute Gasteiger partial charge is 0.246 e. The van der Waals surface area contributed by atoms with Crippen LogP contribution in [0.4, 0.5) is 0 Å². The first-order valence-corrected chi connectivity index (χ1v) is 10.5. The Hall–Kier alpha value is -2.44. The molecule has 4 nitrogen and oxygen atoms in total. The number of halogens is 1. The van der Waals surface area contributed by atoms with Gasteiger partial charge in [0.15, 0.2) is 0 Å². The number of benzene rings is 2. The van der Waals surface area contributed by atoms with Crippen molar-refractivity contribution in [2.75, 3.05) is 7.05 Å². The summed E-state index contributed by atoms with van der Waals surface area (Å²) in [6, 6.07) is 15.6. The lowest BCUT2D eigenvalue weighted by Gasteiger charge is -2.16. The minimum atomic E-state index is -0.0555. The Morgan fingerprint density at radius 1 is 1.25 bits per heavy atom. The average Bonchev–Trinajstić information content (AvgIpc) is 3.12. The van der Waals surface area contributed by atoms with Gasteiger partial charge in [-0.15, -0.1) is 11.3 Å². The van der Waals surface area contributed by atoms with Gasteiger partial charge in [0.1, 0.15) is 12.4 Å². The Balaban J connectivity index is 1.58. The molecule has 28 heavy (non-hydrogen) atoms. The van der Waals surface area contributed by atoms with E-state index >= 15 is 0 Å². The lowest BCUT2D eigenvalue weighted by Crippen LogP contribution is -2.24. The van der Waals surface area contributed by atoms with E-state index in [1.54, 1.807) is 35.4 Å². The molecule has 0 aliphatic carbocycles. The number of thiazole rings is 1. The molecule has 144 valence electrons. The van der Waals surface area contributed by atoms with Crippen LogP contribution in [0.5, 0.6) is 5.75 Å². The maximum atomic E-state index is 12.4. The third-order valence-electron chi connectivity index (χ3n) is 4.07. The molecule has 1 amide bonds. The first kappa shape index (κ1) is 20.3. The topological polar surface area (TPSA) is 42.4 Å². The van der Waals surface area contributed by atoms with Crippen molar-refractivity contribution in [2.45, 2.75) is 20.1 Å². The fourth-order valence-electron chi connectivity index (χ4n) is 2.59. The zero-order chi connectivity index (χ0) is 19.9. The molecule has 0 N–H and O–H groups in total. The van der Waals surface area contributed by atoms with E-state index in [-0.39, 0.29) is 5.91 Å². The second-order valence-corrected chi connectivity index (χ2v) is 8.25. The van der Waals surface area contributed by atoms with Crippen LogP contribution in [0.25, 0.3) is 6.08 Å². The standard InChI is InChI=1S/C22H21BrN2O2S/c1-16-24-19(15-28-16)14-27-20-8-5-6-17(12-20)10-11-22(26)25(2)13-18-7-3-4-9-21(18)23/h3-12,15H,13-14H2,1-2H3/b11-10+. The maximum absolute atomic E-state index is 12.4. The zero-order valence-corrected chi connectivity index (χ0v) is 18.2. The molecule has 3 aromatic rings. The Morgan fingerprint density at radius 2 is 2.07 bits per heavy atom. The number of hydrogen-bond acceptors (Lipinski definition) is 4. The highest BCUT2D eigenvalue weighted by atomic mass is 79.9. The van der Waals surface area contributed by atoms with Crippen LogP contribution in [0.1, 0.15) is 21.8 Å². The summed E-state index contributed by atoms with van der Waals surface area (Å²) in [5.41, 5.74) is 2.90. The summed E-state index contributed by atoms with van der Waals surface area (Å²) in [5.74, 6) is 0.696. The minimum absolute atomic E-state index is 0.0555. The van der Waals surface area contributed by atoms with Crippen LogP contribution in [0.3, 0.4) is 0 Å². The summed E-state index contributed by atoms with van der Waals surface area (Å²) in [6.45, 7) is 2.95. The van der Waals surface area contributed by atoms with E-state index in [9.17, 15) is 4.79 Å². The SMILES string of the molecule is Cc1nc(COc2cccc(/C=C/C(=O)N(C)Cc3ccccc3Br)c2)cs1. The molecule has 2 aromatic carbocycles. The normalized spacial score (nSPS) is 11.0. The molecule has 0 saturated carbocycles. The molecule has 0 bridgehead atoms. The van der Waals surface area contributed by atoms with E-state index in [1.807, 2.05) is 60.8 Å². The van der Waals surface area contributed by atoms with E-state index in [4.69, 9.17) is 4.74 Å². The highest BCUT2D eigenvalue weighted by Gasteiger charge is 2.08. The monoisotopic (exact) mass is 456 g/mol. The number of ether oxygens (including phenoxy) is 1. The van der Waals surface area contributed by atoms with Crippen LogP contribution >= 0.6 is 27.3 Å². The number of amides is 1. The molecule has 6 heteroatoms. The van der Waals surface area contributed by atoms with Gasteiger partial charge < -0.3 is 9.64 Å². The fourth-order valence-corrected chi connectivity index (χ4v) is 3.60. The van der Waals surface area contributed by atoms with Crippen LogP contribution < -0.4 is 4.74 Å². The van der Waals surface area contributed by atoms with Gasteiger partial charge in [-0.3, -0.25) is 4.79 Å². The van der Waals surface area contributed by atoms with Crippen LogP contribution in [-0.4, -0.2) is 22.8 Å². The number of aryl methyl sites for hydroxylation is 1. The number of carbonyl (C=O) groups is 1. The van der Waals surface area contributed by atoms with Crippen LogP contribution in [0.2, 0.25) is 0 Å². The summed E-state index contributed by atoms with van der Waals surface area (Å²) >= 11 is 5.13. The van der Waals surface area contributed by atoms with Crippen molar-refractivity contribution < 1.29 is 9.53 Å². The van der Waals surface area contributed by atoms with Gasteiger partial charge in [-0.1, -0.05) is 46.3 Å². The van der Waals surface area contributed by atoms with Gasteiger partial charge >= 0.3 is 0 Å². The summed E-state index contributed by atoms with van der Waals surface area (Å²) < 4.78 is 6.80. The van der Waals surface area contributed by atoms with E-state index in [2.05, 4.69) is 20.9 Å². The Bertz CT molecular complexity index is 984. The number of hydrogen-bond donors (Lipinski definition) is 0. The zero-order valence-electron chi connectivity index (χ0n) is 15.8. The molecule has 0 saturated heterocycles. The van der Waals surface area contributed by atoms with Gasteiger partial charge in [0.05, 0.1) is 10.7 Å². The minimum Gasteiger partial charge on any atom is -0.487 e. The van der Waals surface area contributed by atoms with E-state index in [0.29, 0.717) is 13.2 Å². The summed E-state index contributed by atoms with van der Waals surface area (Å²) in [7, 11) is 1.79. The van der Waals surface area contributed by atoms with Gasteiger partial charge in [0.2, 0.25) is 5.91 Å². The number of aromatic nitrogens is 1. The van der Waals surface area contributed by atoms with Gasteiger partial charge in [-0.2, -0.15) is 0 Å². The summed E-state index contributed by atoms with van der Waals surface area (Å²) in [5, 5.41) is 3.03. The van der Waals surface area contributed by atoms with Crippen molar-refractivity contribution in [1.82, 2.24) is 9.88 Å². The highest BCUT2D eigenvalue weighted by Crippen LogP contribution is 2.19. The highest BCUT2D eigenvalue weighted by molar-refractivity contribution is 9.10. The molecular weight excluding hydrogens is 436 g/mol. The Kier molecular flexibility index (Phi) is 7.01. The second-order valence-electron chi connectivity index (χ2n) is 6.34. The number of nitrogens with zero attached hydrogens (tertiary/aromatic N) is 2. The molecule has 0 radical (unpaired) electrons. The van der Waals surface area contributed by atoms with Gasteiger partial charge in [-0.05, 0) is 42.3 Å². The number of carbonyl (C=O) groups excluding carboxylic acids is 1. The van der Waals surface area contributed by atoms with E-state index in [0.717, 1.165) is 32.1 Å². The fraction of sp³-hybridized carbons (Fsp3) is 0.182. The van der Waals surface area contributed by atoms with Crippen molar-refractivity contribution in [3.63, 3.8) is 0 Å². The van der Waals surface area contributed by atoms with Gasteiger partial charge in [0.25, 0.3) is 0 Å². The van der Waals surface area contributed by atoms with Crippen molar-refractivity contribution in [3.8, 4) is 5.75 Å². The second kappa shape index (κ2) is 9.66. The third-order valence-corrected chi connectivity index (χ3v) is 5.67. The van der Waals surface area contributed by atoms with Crippen LogP contribution in [0.15, 0.2) is 64.5 Å². The maximum Gasteiger partial charge on any atom is 0.246 e. The number of rotatable bonds is 7. The Morgan fingerprint density at radius 3 is 2.82 bits per heavy atom. The summed E-state index contributed by atoms with van der Waals surface area (Å²) in [4.78, 5) is 18.5. The lowest BCUT2D eigenvalue weighted by atomic mass is 10.2. The van der Waals surface area contributed by atoms with Crippen molar-refractivity contribution >= 4 is 39.2 Å². The average molecular weight is 457 g/mol. The van der Waals surface area contributed by atoms with Crippen LogP contribution in [0, 0.1) is 6.92 Å². The molecule has 0 spiro atoms. The molecule has 0 unspecified atom stereocenters. The largest absolute Gasteiger partial charge is 0.487 e. The number of likely N-dealkylation sites (N-methyl/N-ethyl adjacent to an activating group) is 1. The van der Waals surface area contributed by atoms with Gasteiger partial charge in [0, 0.05) is 29.5 Å². The van der Waals surface area contributed by atoms with Crippen molar-refractivity contribution in [1.29, 1.82) is 0 Å². The predicted molar refractivity (Wildman–Crippen MR) is 117 cm³/mol. The first-order valence-electron chi connectivity index (χ1n) is 8.82. The first-order chi connectivity index (χ1) is 13.5. The molecule has 1 aromatic heterocycles. The molecule has 0 atom stereocenters. The van der Waals surface area contributed by atoms with Crippen LogP contribution in [-0.2, 0) is 17.9 Å². The van der Waals surface area contributed by atoms with E-state index < -0.39 is 0 Å². The van der Waals surface area contributed by atoms with Gasteiger partial charge in [-0.25, -0.2) is 4.98 Å². The van der Waals surface area contributed by atoms with Crippen molar-refractivity contribution in [2.24, 2.45) is 0 Å². The summed E-state index contributed by atoms with van der Waals surface area (Å²) in [6.07, 6.45) is 3.39. The Labute approximate surface area is 177 Å².